The molecule has 2 aromatic heterocycles. The molecular weight excluding hydrogens is 573 g/mol. The van der Waals surface area contributed by atoms with Gasteiger partial charge in [-0.3, -0.25) is 19.5 Å². The van der Waals surface area contributed by atoms with Crippen molar-refractivity contribution >= 4 is 41.0 Å². The second-order valence-corrected chi connectivity index (χ2v) is 11.2. The van der Waals surface area contributed by atoms with Crippen LogP contribution in [0.1, 0.15) is 21.9 Å². The third kappa shape index (κ3) is 5.66. The molecule has 0 saturated heterocycles. The highest BCUT2D eigenvalue weighted by Gasteiger charge is 2.38. The third-order valence-corrected chi connectivity index (χ3v) is 8.46. The summed E-state index contributed by atoms with van der Waals surface area (Å²) in [7, 11) is 0. The highest BCUT2D eigenvalue weighted by molar-refractivity contribution is 8.00. The van der Waals surface area contributed by atoms with Crippen LogP contribution >= 0.6 is 23.4 Å². The minimum atomic E-state index is -0.449. The summed E-state index contributed by atoms with van der Waals surface area (Å²) in [5.41, 5.74) is 4.20. The summed E-state index contributed by atoms with van der Waals surface area (Å²) >= 11 is 8.05. The van der Waals surface area contributed by atoms with Crippen LogP contribution in [0.4, 0.5) is 10.2 Å². The Labute approximate surface area is 251 Å². The number of hydrogen-bond donors (Lipinski definition) is 1. The van der Waals surface area contributed by atoms with Crippen LogP contribution in [0.15, 0.2) is 103 Å². The first-order valence-corrected chi connectivity index (χ1v) is 14.7. The Hall–Kier alpha value is -4.47. The van der Waals surface area contributed by atoms with Gasteiger partial charge in [0, 0.05) is 30.1 Å². The summed E-state index contributed by atoms with van der Waals surface area (Å²) in [6, 6.07) is 26.8. The average molecular weight is 598 g/mol. The van der Waals surface area contributed by atoms with Crippen LogP contribution in [-0.2, 0) is 16.1 Å². The fourth-order valence-corrected chi connectivity index (χ4v) is 6.36. The van der Waals surface area contributed by atoms with E-state index in [9.17, 15) is 14.0 Å². The zero-order valence-corrected chi connectivity index (χ0v) is 23.9. The maximum Gasteiger partial charge on any atom is 0.240 e. The summed E-state index contributed by atoms with van der Waals surface area (Å²) in [5, 5.41) is 7.88. The molecule has 0 fully saturated rings. The molecule has 0 aliphatic carbocycles. The van der Waals surface area contributed by atoms with Gasteiger partial charge in [0.2, 0.25) is 11.8 Å². The van der Waals surface area contributed by atoms with Gasteiger partial charge in [0.15, 0.2) is 0 Å². The van der Waals surface area contributed by atoms with Gasteiger partial charge in [-0.2, -0.15) is 5.10 Å². The van der Waals surface area contributed by atoms with Crippen molar-refractivity contribution in [3.8, 4) is 16.9 Å². The SMILES string of the molecule is O=C(CN1C(=O)CSC(c2cccc(F)c2)c2c(-c3ccccc3)nn(-c3ccccc3Cl)c21)NCc1cccnc1. The Morgan fingerprint density at radius 2 is 1.83 bits per heavy atom. The van der Waals surface area contributed by atoms with Crippen LogP contribution in [0, 0.1) is 5.82 Å². The fourth-order valence-electron chi connectivity index (χ4n) is 4.96. The van der Waals surface area contributed by atoms with Crippen molar-refractivity contribution in [2.24, 2.45) is 0 Å². The lowest BCUT2D eigenvalue weighted by molar-refractivity contribution is -0.123. The molecule has 3 aromatic carbocycles. The molecule has 0 radical (unpaired) electrons. The van der Waals surface area contributed by atoms with Crippen LogP contribution in [0.25, 0.3) is 16.9 Å². The number of nitrogens with one attached hydrogen (secondary N) is 1. The first kappa shape index (κ1) is 27.7. The molecular formula is C32H25ClFN5O2S. The second-order valence-electron chi connectivity index (χ2n) is 9.68. The largest absolute Gasteiger partial charge is 0.350 e. The zero-order chi connectivity index (χ0) is 29.1. The van der Waals surface area contributed by atoms with E-state index in [0.717, 1.165) is 11.1 Å². The lowest BCUT2D eigenvalue weighted by atomic mass is 9.99. The normalized spacial score (nSPS) is 14.8. The van der Waals surface area contributed by atoms with Gasteiger partial charge < -0.3 is 5.32 Å². The summed E-state index contributed by atoms with van der Waals surface area (Å²) in [4.78, 5) is 32.7. The van der Waals surface area contributed by atoms with Crippen molar-refractivity contribution in [2.75, 3.05) is 17.2 Å². The van der Waals surface area contributed by atoms with E-state index in [1.807, 2.05) is 60.7 Å². The monoisotopic (exact) mass is 597 g/mol. The molecule has 6 rings (SSSR count). The molecule has 2 amide bonds. The Morgan fingerprint density at radius 3 is 2.60 bits per heavy atom. The van der Waals surface area contributed by atoms with Crippen molar-refractivity contribution in [3.63, 3.8) is 0 Å². The van der Waals surface area contributed by atoms with Crippen molar-refractivity contribution in [2.45, 2.75) is 11.8 Å². The Morgan fingerprint density at radius 1 is 1.02 bits per heavy atom. The maximum absolute atomic E-state index is 14.5. The van der Waals surface area contributed by atoms with E-state index in [0.29, 0.717) is 33.3 Å². The number of halogens is 2. The summed E-state index contributed by atoms with van der Waals surface area (Å²) in [5.74, 6) is -0.507. The molecule has 42 heavy (non-hydrogen) atoms. The van der Waals surface area contributed by atoms with Crippen molar-refractivity contribution in [1.82, 2.24) is 20.1 Å². The predicted molar refractivity (Wildman–Crippen MR) is 163 cm³/mol. The molecule has 5 aromatic rings. The number of carbonyl (C=O) groups is 2. The standard InChI is InChI=1S/C32H25ClFN5O2S/c33-25-13-4-5-14-26(25)39-32-29(30(37-39)22-9-2-1-3-10-22)31(23-11-6-12-24(34)16-23)42-20-28(41)38(32)19-27(40)36-18-21-8-7-15-35-17-21/h1-17,31H,18-20H2,(H,36,40). The lowest BCUT2D eigenvalue weighted by Gasteiger charge is -2.23. The van der Waals surface area contributed by atoms with E-state index in [1.54, 1.807) is 35.3 Å². The Kier molecular flexibility index (Phi) is 8.03. The van der Waals surface area contributed by atoms with E-state index >= 15 is 0 Å². The number of para-hydroxylation sites is 1. The molecule has 1 aliphatic rings. The smallest absolute Gasteiger partial charge is 0.240 e. The summed E-state index contributed by atoms with van der Waals surface area (Å²) < 4.78 is 16.1. The van der Waals surface area contributed by atoms with Crippen LogP contribution in [-0.4, -0.2) is 38.9 Å². The number of anilines is 1. The van der Waals surface area contributed by atoms with Crippen LogP contribution < -0.4 is 10.2 Å². The quantitative estimate of drug-likeness (QED) is 0.241. The van der Waals surface area contributed by atoms with Crippen molar-refractivity contribution in [1.29, 1.82) is 0 Å². The fraction of sp³-hybridized carbons (Fsp3) is 0.125. The molecule has 1 atom stereocenters. The molecule has 1 unspecified atom stereocenters. The predicted octanol–water partition coefficient (Wildman–Crippen LogP) is 6.21. The minimum absolute atomic E-state index is 0.0719. The topological polar surface area (TPSA) is 80.1 Å². The van der Waals surface area contributed by atoms with Crippen LogP contribution in [0.2, 0.25) is 5.02 Å². The van der Waals surface area contributed by atoms with E-state index in [1.165, 1.54) is 28.8 Å². The third-order valence-electron chi connectivity index (χ3n) is 6.88. The lowest BCUT2D eigenvalue weighted by Crippen LogP contribution is -2.42. The molecule has 0 saturated carbocycles. The Bertz CT molecular complexity index is 1750. The van der Waals surface area contributed by atoms with Gasteiger partial charge in [-0.15, -0.1) is 11.8 Å². The number of nitrogens with zero attached hydrogens (tertiary/aromatic N) is 4. The highest BCUT2D eigenvalue weighted by atomic mass is 35.5. The molecule has 10 heteroatoms. The highest BCUT2D eigenvalue weighted by Crippen LogP contribution is 2.49. The van der Waals surface area contributed by atoms with E-state index in [-0.39, 0.29) is 36.5 Å². The number of amides is 2. The van der Waals surface area contributed by atoms with E-state index in [2.05, 4.69) is 10.3 Å². The second kappa shape index (κ2) is 12.2. The van der Waals surface area contributed by atoms with Crippen LogP contribution in [0.5, 0.6) is 0 Å². The van der Waals surface area contributed by atoms with Crippen molar-refractivity contribution < 1.29 is 14.0 Å². The zero-order valence-electron chi connectivity index (χ0n) is 22.3. The van der Waals surface area contributed by atoms with Gasteiger partial charge in [0.05, 0.1) is 27.4 Å². The molecule has 3 heterocycles. The number of fused-ring (bicyclic) bond motifs is 1. The molecule has 0 spiro atoms. The maximum atomic E-state index is 14.5. The van der Waals surface area contributed by atoms with Crippen molar-refractivity contribution in [3.05, 3.63) is 131 Å². The van der Waals surface area contributed by atoms with Gasteiger partial charge in [0.25, 0.3) is 0 Å². The van der Waals surface area contributed by atoms with Gasteiger partial charge in [-0.05, 0) is 41.5 Å². The van der Waals surface area contributed by atoms with E-state index in [4.69, 9.17) is 16.7 Å². The number of aromatic nitrogens is 3. The number of benzene rings is 3. The molecule has 0 bridgehead atoms. The number of thioether (sulfide) groups is 1. The Balaban J connectivity index is 1.53. The molecule has 1 N–H and O–H groups in total. The van der Waals surface area contributed by atoms with Gasteiger partial charge in [0.1, 0.15) is 18.2 Å². The van der Waals surface area contributed by atoms with Gasteiger partial charge in [-0.25, -0.2) is 9.07 Å². The first-order chi connectivity index (χ1) is 20.5. The van der Waals surface area contributed by atoms with Gasteiger partial charge in [-0.1, -0.05) is 72.3 Å². The minimum Gasteiger partial charge on any atom is -0.350 e. The summed E-state index contributed by atoms with van der Waals surface area (Å²) in [6.07, 6.45) is 3.34. The first-order valence-electron chi connectivity index (χ1n) is 13.3. The summed E-state index contributed by atoms with van der Waals surface area (Å²) in [6.45, 7) is 0.0220. The number of hydrogen-bond acceptors (Lipinski definition) is 5. The molecule has 1 aliphatic heterocycles. The number of pyridine rings is 1. The van der Waals surface area contributed by atoms with Gasteiger partial charge >= 0.3 is 0 Å². The average Bonchev–Trinajstić information content (AvgIpc) is 3.33. The molecule has 210 valence electrons. The van der Waals surface area contributed by atoms with Crippen LogP contribution in [0.3, 0.4) is 0 Å². The molecule has 7 nitrogen and oxygen atoms in total. The number of rotatable bonds is 7. The number of carbonyl (C=O) groups excluding carboxylic acids is 2. The van der Waals surface area contributed by atoms with E-state index < -0.39 is 5.25 Å².